The summed E-state index contributed by atoms with van der Waals surface area (Å²) in [7, 11) is -1.97. The third-order valence-electron chi connectivity index (χ3n) is 4.18. The summed E-state index contributed by atoms with van der Waals surface area (Å²) in [6, 6.07) is -0.236. The molecule has 2 heterocycles. The van der Waals surface area contributed by atoms with Crippen LogP contribution in [0, 0.1) is 0 Å². The lowest BCUT2D eigenvalue weighted by atomic mass is 10.2. The van der Waals surface area contributed by atoms with Crippen molar-refractivity contribution >= 4 is 15.9 Å². The van der Waals surface area contributed by atoms with Crippen molar-refractivity contribution in [3.8, 4) is 0 Å². The van der Waals surface area contributed by atoms with Gasteiger partial charge >= 0.3 is 0 Å². The Bertz CT molecular complexity index is 667. The average molecular weight is 328 g/mol. The highest BCUT2D eigenvalue weighted by atomic mass is 32.2. The molecule has 1 unspecified atom stereocenters. The van der Waals surface area contributed by atoms with Crippen molar-refractivity contribution in [2.45, 2.75) is 37.6 Å². The third kappa shape index (κ3) is 3.14. The zero-order chi connectivity index (χ0) is 15.9. The van der Waals surface area contributed by atoms with E-state index in [0.717, 1.165) is 42.1 Å². The Morgan fingerprint density at radius 1 is 1.41 bits per heavy atom. The van der Waals surface area contributed by atoms with Gasteiger partial charge in [0.25, 0.3) is 0 Å². The largest absolute Gasteiger partial charge is 0.337 e. The van der Waals surface area contributed by atoms with E-state index in [9.17, 15) is 13.2 Å². The molecular formula is C13H20N4O4S. The molecule has 2 fully saturated rings. The van der Waals surface area contributed by atoms with Crippen molar-refractivity contribution in [2.24, 2.45) is 0 Å². The Balaban J connectivity index is 1.70. The van der Waals surface area contributed by atoms with Crippen molar-refractivity contribution < 1.29 is 17.7 Å². The molecule has 122 valence electrons. The molecule has 0 spiro atoms. The van der Waals surface area contributed by atoms with Gasteiger partial charge in [0, 0.05) is 19.5 Å². The number of likely N-dealkylation sites (tertiary alicyclic amines) is 1. The average Bonchev–Trinajstić information content (AvgIpc) is 3.00. The van der Waals surface area contributed by atoms with Crippen LogP contribution in [0.4, 0.5) is 0 Å². The van der Waals surface area contributed by atoms with E-state index in [1.54, 1.807) is 4.90 Å². The van der Waals surface area contributed by atoms with Crippen molar-refractivity contribution in [3.63, 3.8) is 0 Å². The number of carbonyl (C=O) groups excluding carboxylic acids is 1. The van der Waals surface area contributed by atoms with E-state index < -0.39 is 10.0 Å². The van der Waals surface area contributed by atoms with E-state index in [0.29, 0.717) is 18.4 Å². The van der Waals surface area contributed by atoms with Crippen LogP contribution in [0.3, 0.4) is 0 Å². The summed E-state index contributed by atoms with van der Waals surface area (Å²) < 4.78 is 29.2. The smallest absolute Gasteiger partial charge is 0.249 e. The van der Waals surface area contributed by atoms with Gasteiger partial charge in [-0.2, -0.15) is 9.29 Å². The van der Waals surface area contributed by atoms with Gasteiger partial charge in [-0.1, -0.05) is 5.16 Å². The quantitative estimate of drug-likeness (QED) is 0.781. The van der Waals surface area contributed by atoms with Gasteiger partial charge in [-0.15, -0.1) is 0 Å². The monoisotopic (exact) mass is 328 g/mol. The standard InChI is InChI=1S/C13H20N4O4S/c1-16(22(2,19)20)8-11(18)17-7-3-4-10(17)13-14-12(15-21-13)9-5-6-9/h9-10H,3-8H2,1-2H3. The molecule has 0 aromatic carbocycles. The maximum absolute atomic E-state index is 12.4. The number of hydrogen-bond donors (Lipinski definition) is 0. The summed E-state index contributed by atoms with van der Waals surface area (Å²) in [4.78, 5) is 18.4. The second-order valence-electron chi connectivity index (χ2n) is 6.03. The fourth-order valence-electron chi connectivity index (χ4n) is 2.61. The maximum Gasteiger partial charge on any atom is 0.249 e. The molecule has 1 aromatic heterocycles. The lowest BCUT2D eigenvalue weighted by Gasteiger charge is -2.24. The molecule has 0 radical (unpaired) electrons. The molecule has 0 bridgehead atoms. The number of hydrogen-bond acceptors (Lipinski definition) is 6. The number of nitrogens with zero attached hydrogens (tertiary/aromatic N) is 4. The molecule has 1 aromatic rings. The number of sulfonamides is 1. The van der Waals surface area contributed by atoms with Crippen LogP contribution in [0.25, 0.3) is 0 Å². The van der Waals surface area contributed by atoms with Gasteiger partial charge in [-0.25, -0.2) is 8.42 Å². The molecule has 1 aliphatic heterocycles. The third-order valence-corrected chi connectivity index (χ3v) is 5.44. The van der Waals surface area contributed by atoms with E-state index in [2.05, 4.69) is 10.1 Å². The predicted octanol–water partition coefficient (Wildman–Crippen LogP) is 0.502. The maximum atomic E-state index is 12.4. The van der Waals surface area contributed by atoms with Gasteiger partial charge in [-0.3, -0.25) is 4.79 Å². The van der Waals surface area contributed by atoms with E-state index >= 15 is 0 Å². The molecule has 22 heavy (non-hydrogen) atoms. The van der Waals surface area contributed by atoms with Gasteiger partial charge in [0.15, 0.2) is 5.82 Å². The first kappa shape index (κ1) is 15.4. The van der Waals surface area contributed by atoms with Crippen LogP contribution in [0.5, 0.6) is 0 Å². The molecule has 8 nitrogen and oxygen atoms in total. The number of amides is 1. The number of carbonyl (C=O) groups is 1. The zero-order valence-electron chi connectivity index (χ0n) is 12.7. The summed E-state index contributed by atoms with van der Waals surface area (Å²) in [5, 5.41) is 3.99. The van der Waals surface area contributed by atoms with Crippen LogP contribution in [-0.2, 0) is 14.8 Å². The van der Waals surface area contributed by atoms with E-state index in [-0.39, 0.29) is 18.5 Å². The van der Waals surface area contributed by atoms with Gasteiger partial charge in [0.05, 0.1) is 12.8 Å². The summed E-state index contributed by atoms with van der Waals surface area (Å²) in [5.41, 5.74) is 0. The molecule has 2 aliphatic rings. The van der Waals surface area contributed by atoms with Crippen molar-refractivity contribution in [3.05, 3.63) is 11.7 Å². The van der Waals surface area contributed by atoms with E-state index in [4.69, 9.17) is 4.52 Å². The molecule has 1 saturated heterocycles. The van der Waals surface area contributed by atoms with Gasteiger partial charge in [-0.05, 0) is 25.7 Å². The first-order valence-electron chi connectivity index (χ1n) is 7.40. The molecule has 1 aliphatic carbocycles. The van der Waals surface area contributed by atoms with Crippen molar-refractivity contribution in [2.75, 3.05) is 26.4 Å². The van der Waals surface area contributed by atoms with E-state index in [1.165, 1.54) is 7.05 Å². The van der Waals surface area contributed by atoms with Crippen LogP contribution >= 0.6 is 0 Å². The Morgan fingerprint density at radius 3 is 2.77 bits per heavy atom. The number of aromatic nitrogens is 2. The topological polar surface area (TPSA) is 96.6 Å². The first-order chi connectivity index (χ1) is 10.4. The minimum absolute atomic E-state index is 0.168. The van der Waals surface area contributed by atoms with Crippen molar-refractivity contribution in [1.82, 2.24) is 19.3 Å². The van der Waals surface area contributed by atoms with Crippen molar-refractivity contribution in [1.29, 1.82) is 0 Å². The Morgan fingerprint density at radius 2 is 2.14 bits per heavy atom. The lowest BCUT2D eigenvalue weighted by Crippen LogP contribution is -2.40. The van der Waals surface area contributed by atoms with Crippen LogP contribution in [-0.4, -0.2) is 60.1 Å². The molecule has 3 rings (SSSR count). The summed E-state index contributed by atoms with van der Waals surface area (Å²) in [5.74, 6) is 1.36. The molecule has 0 N–H and O–H groups in total. The number of rotatable bonds is 5. The molecule has 1 saturated carbocycles. The normalized spacial score (nSPS) is 22.5. The van der Waals surface area contributed by atoms with Crippen LogP contribution in [0.1, 0.15) is 49.4 Å². The number of likely N-dealkylation sites (N-methyl/N-ethyl adjacent to an activating group) is 1. The molecule has 1 atom stereocenters. The highest BCUT2D eigenvalue weighted by Gasteiger charge is 2.36. The highest BCUT2D eigenvalue weighted by Crippen LogP contribution is 2.39. The van der Waals surface area contributed by atoms with E-state index in [1.807, 2.05) is 0 Å². The Labute approximate surface area is 129 Å². The molecular weight excluding hydrogens is 308 g/mol. The second-order valence-corrected chi connectivity index (χ2v) is 8.12. The second kappa shape index (κ2) is 5.62. The van der Waals surface area contributed by atoms with Crippen LogP contribution < -0.4 is 0 Å². The molecule has 9 heteroatoms. The zero-order valence-corrected chi connectivity index (χ0v) is 13.5. The summed E-state index contributed by atoms with van der Waals surface area (Å²) in [6.07, 6.45) is 4.87. The first-order valence-corrected chi connectivity index (χ1v) is 9.25. The van der Waals surface area contributed by atoms with Gasteiger partial charge < -0.3 is 9.42 Å². The lowest BCUT2D eigenvalue weighted by molar-refractivity contribution is -0.132. The minimum atomic E-state index is -3.37. The fraction of sp³-hybridized carbons (Fsp3) is 0.769. The highest BCUT2D eigenvalue weighted by molar-refractivity contribution is 7.88. The van der Waals surface area contributed by atoms with Gasteiger partial charge in [0.2, 0.25) is 21.8 Å². The predicted molar refractivity (Wildman–Crippen MR) is 77.4 cm³/mol. The molecule has 1 amide bonds. The minimum Gasteiger partial charge on any atom is -0.337 e. The summed E-state index contributed by atoms with van der Waals surface area (Å²) >= 11 is 0. The van der Waals surface area contributed by atoms with Crippen LogP contribution in [0.15, 0.2) is 4.52 Å². The fourth-order valence-corrected chi connectivity index (χ4v) is 2.96. The Kier molecular flexibility index (Phi) is 3.94. The van der Waals surface area contributed by atoms with Crippen LogP contribution in [0.2, 0.25) is 0 Å². The Hall–Kier alpha value is -1.48. The SMILES string of the molecule is CN(CC(=O)N1CCCC1c1nc(C2CC2)no1)S(C)(=O)=O. The van der Waals surface area contributed by atoms with Gasteiger partial charge in [0.1, 0.15) is 6.04 Å². The summed E-state index contributed by atoms with van der Waals surface area (Å²) in [6.45, 7) is 0.418.